The summed E-state index contributed by atoms with van der Waals surface area (Å²) in [6, 6.07) is 17.2. The smallest absolute Gasteiger partial charge is 0.285 e. The molecule has 1 N–H and O–H groups in total. The maximum Gasteiger partial charge on any atom is 0.285 e. The van der Waals surface area contributed by atoms with Gasteiger partial charge in [-0.25, -0.2) is 0 Å². The number of nitrogens with one attached hydrogen (secondary N) is 1. The maximum absolute atomic E-state index is 12.7. The Hall–Kier alpha value is -2.93. The normalized spacial score (nSPS) is 18.8. The maximum atomic E-state index is 12.7. The summed E-state index contributed by atoms with van der Waals surface area (Å²) in [4.78, 5) is 14.7. The molecule has 2 aliphatic rings. The standard InChI is InChI=1S/C24H27N3O3S/c1-17-8-10-19(11-9-17)16-22(28)25-21-12-14-27(15-13-21)24-18(2)23(31(29,30)26-24)20-6-4-3-5-7-20/h3-11,21H,12-16H2,1-2H3,(H,25,28). The van der Waals surface area contributed by atoms with E-state index in [-0.39, 0.29) is 16.9 Å². The van der Waals surface area contributed by atoms with Gasteiger partial charge in [0.25, 0.3) is 10.0 Å². The van der Waals surface area contributed by atoms with Crippen molar-refractivity contribution < 1.29 is 13.2 Å². The summed E-state index contributed by atoms with van der Waals surface area (Å²) >= 11 is 0. The SMILES string of the molecule is CC1=C(c2ccccc2)S(=O)(=O)N=C1N1CCC(NC(=O)Cc2ccc(C)cc2)CC1. The Morgan fingerprint density at radius 2 is 1.68 bits per heavy atom. The highest BCUT2D eigenvalue weighted by atomic mass is 32.2. The molecule has 1 saturated heterocycles. The number of likely N-dealkylation sites (tertiary alicyclic amines) is 1. The second-order valence-corrected chi connectivity index (χ2v) is 9.74. The minimum absolute atomic E-state index is 0.0190. The van der Waals surface area contributed by atoms with E-state index in [9.17, 15) is 13.2 Å². The van der Waals surface area contributed by atoms with E-state index in [1.165, 1.54) is 5.56 Å². The van der Waals surface area contributed by atoms with Gasteiger partial charge in [0.2, 0.25) is 5.91 Å². The van der Waals surface area contributed by atoms with E-state index in [1.54, 1.807) is 12.1 Å². The summed E-state index contributed by atoms with van der Waals surface area (Å²) in [5.74, 6) is 0.550. The Bertz CT molecular complexity index is 1130. The largest absolute Gasteiger partial charge is 0.356 e. The number of nitrogens with zero attached hydrogens (tertiary/aromatic N) is 2. The van der Waals surface area contributed by atoms with Gasteiger partial charge in [-0.1, -0.05) is 60.2 Å². The van der Waals surface area contributed by atoms with Crippen LogP contribution in [0.15, 0.2) is 64.6 Å². The van der Waals surface area contributed by atoms with Crippen molar-refractivity contribution in [1.29, 1.82) is 0 Å². The molecule has 2 aromatic carbocycles. The lowest BCUT2D eigenvalue weighted by Crippen LogP contribution is -2.46. The number of benzene rings is 2. The van der Waals surface area contributed by atoms with Crippen molar-refractivity contribution in [3.05, 3.63) is 76.9 Å². The first-order valence-corrected chi connectivity index (χ1v) is 12.0. The highest BCUT2D eigenvalue weighted by Crippen LogP contribution is 2.34. The van der Waals surface area contributed by atoms with Gasteiger partial charge in [0.1, 0.15) is 10.7 Å². The molecule has 1 fully saturated rings. The minimum Gasteiger partial charge on any atom is -0.356 e. The van der Waals surface area contributed by atoms with Crippen LogP contribution in [0.5, 0.6) is 0 Å². The van der Waals surface area contributed by atoms with Gasteiger partial charge in [-0.2, -0.15) is 8.42 Å². The fraction of sp³-hybridized carbons (Fsp3) is 0.333. The molecule has 31 heavy (non-hydrogen) atoms. The lowest BCUT2D eigenvalue weighted by atomic mass is 10.0. The third-order valence-electron chi connectivity index (χ3n) is 5.82. The van der Waals surface area contributed by atoms with Crippen LogP contribution in [0, 0.1) is 6.92 Å². The van der Waals surface area contributed by atoms with E-state index >= 15 is 0 Å². The van der Waals surface area contributed by atoms with E-state index in [0.29, 0.717) is 36.5 Å². The molecular formula is C24H27N3O3S. The van der Waals surface area contributed by atoms with Crippen LogP contribution < -0.4 is 5.32 Å². The number of aryl methyl sites for hydroxylation is 1. The van der Waals surface area contributed by atoms with Gasteiger partial charge in [-0.3, -0.25) is 4.79 Å². The zero-order valence-electron chi connectivity index (χ0n) is 17.8. The number of amidine groups is 1. The van der Waals surface area contributed by atoms with Crippen LogP contribution >= 0.6 is 0 Å². The molecule has 1 amide bonds. The molecule has 2 heterocycles. The number of hydrogen-bond donors (Lipinski definition) is 1. The van der Waals surface area contributed by atoms with Crippen molar-refractivity contribution in [2.75, 3.05) is 13.1 Å². The fourth-order valence-corrected chi connectivity index (χ4v) is 5.66. The van der Waals surface area contributed by atoms with Crippen molar-refractivity contribution in [3.8, 4) is 0 Å². The predicted octanol–water partition coefficient (Wildman–Crippen LogP) is 3.29. The number of rotatable bonds is 4. The summed E-state index contributed by atoms with van der Waals surface area (Å²) < 4.78 is 29.5. The second kappa shape index (κ2) is 8.67. The van der Waals surface area contributed by atoms with Gasteiger partial charge in [-0.15, -0.1) is 4.40 Å². The Morgan fingerprint density at radius 1 is 1.03 bits per heavy atom. The Labute approximate surface area is 183 Å². The summed E-state index contributed by atoms with van der Waals surface area (Å²) in [6.07, 6.45) is 1.88. The van der Waals surface area contributed by atoms with Crippen LogP contribution in [0.3, 0.4) is 0 Å². The number of amides is 1. The van der Waals surface area contributed by atoms with Gasteiger partial charge >= 0.3 is 0 Å². The minimum atomic E-state index is -3.70. The molecule has 2 aliphatic heterocycles. The monoisotopic (exact) mass is 437 g/mol. The first-order chi connectivity index (χ1) is 14.8. The van der Waals surface area contributed by atoms with E-state index in [0.717, 1.165) is 18.4 Å². The molecule has 0 saturated carbocycles. The zero-order chi connectivity index (χ0) is 22.0. The number of sulfonamides is 1. The second-order valence-electron chi connectivity index (χ2n) is 8.20. The molecular weight excluding hydrogens is 410 g/mol. The van der Waals surface area contributed by atoms with E-state index < -0.39 is 10.0 Å². The van der Waals surface area contributed by atoms with Gasteiger partial charge < -0.3 is 10.2 Å². The van der Waals surface area contributed by atoms with Crippen LogP contribution in [0.25, 0.3) is 4.91 Å². The van der Waals surface area contributed by atoms with Gasteiger partial charge in [0.15, 0.2) is 0 Å². The summed E-state index contributed by atoms with van der Waals surface area (Å²) in [6.45, 7) is 5.16. The molecule has 0 bridgehead atoms. The van der Waals surface area contributed by atoms with Gasteiger partial charge in [0, 0.05) is 24.7 Å². The molecule has 0 aliphatic carbocycles. The highest BCUT2D eigenvalue weighted by molar-refractivity contribution is 8.00. The number of hydrogen-bond acceptors (Lipinski definition) is 4. The molecule has 6 nitrogen and oxygen atoms in total. The van der Waals surface area contributed by atoms with Crippen LogP contribution in [0.1, 0.15) is 36.5 Å². The number of piperidine rings is 1. The molecule has 0 unspecified atom stereocenters. The summed E-state index contributed by atoms with van der Waals surface area (Å²) in [7, 11) is -3.70. The highest BCUT2D eigenvalue weighted by Gasteiger charge is 2.34. The molecule has 0 radical (unpaired) electrons. The van der Waals surface area contributed by atoms with Crippen LogP contribution in [-0.4, -0.2) is 44.2 Å². The lowest BCUT2D eigenvalue weighted by molar-refractivity contribution is -0.121. The van der Waals surface area contributed by atoms with E-state index in [1.807, 2.05) is 61.2 Å². The molecule has 0 spiro atoms. The van der Waals surface area contributed by atoms with Crippen LogP contribution in [-0.2, 0) is 21.2 Å². The van der Waals surface area contributed by atoms with Crippen LogP contribution in [0.4, 0.5) is 0 Å². The third kappa shape index (κ3) is 4.71. The van der Waals surface area contributed by atoms with Crippen molar-refractivity contribution in [1.82, 2.24) is 10.2 Å². The predicted molar refractivity (Wildman–Crippen MR) is 123 cm³/mol. The Kier molecular flexibility index (Phi) is 5.96. The zero-order valence-corrected chi connectivity index (χ0v) is 18.7. The van der Waals surface area contributed by atoms with E-state index in [4.69, 9.17) is 0 Å². The van der Waals surface area contributed by atoms with Gasteiger partial charge in [-0.05, 0) is 37.8 Å². The van der Waals surface area contributed by atoms with Crippen molar-refractivity contribution in [3.63, 3.8) is 0 Å². The molecule has 0 aromatic heterocycles. The Balaban J connectivity index is 1.38. The van der Waals surface area contributed by atoms with Crippen LogP contribution in [0.2, 0.25) is 0 Å². The Morgan fingerprint density at radius 3 is 2.32 bits per heavy atom. The first kappa shape index (κ1) is 21.3. The van der Waals surface area contributed by atoms with Crippen molar-refractivity contribution in [2.45, 2.75) is 39.2 Å². The quantitative estimate of drug-likeness (QED) is 0.796. The van der Waals surface area contributed by atoms with Crippen molar-refractivity contribution in [2.24, 2.45) is 4.40 Å². The summed E-state index contributed by atoms with van der Waals surface area (Å²) in [5, 5.41) is 3.12. The average molecular weight is 438 g/mol. The third-order valence-corrected chi connectivity index (χ3v) is 7.29. The fourth-order valence-electron chi connectivity index (χ4n) is 4.18. The van der Waals surface area contributed by atoms with E-state index in [2.05, 4.69) is 9.71 Å². The molecule has 2 aromatic rings. The van der Waals surface area contributed by atoms with Crippen molar-refractivity contribution >= 4 is 26.7 Å². The molecule has 0 atom stereocenters. The molecule has 7 heteroatoms. The molecule has 4 rings (SSSR count). The lowest BCUT2D eigenvalue weighted by Gasteiger charge is -2.33. The van der Waals surface area contributed by atoms with Gasteiger partial charge in [0.05, 0.1) is 6.42 Å². The molecule has 162 valence electrons. The number of carbonyl (C=O) groups is 1. The topological polar surface area (TPSA) is 78.8 Å². The summed E-state index contributed by atoms with van der Waals surface area (Å²) in [5.41, 5.74) is 3.53. The first-order valence-electron chi connectivity index (χ1n) is 10.5. The average Bonchev–Trinajstić information content (AvgIpc) is 2.99. The number of carbonyl (C=O) groups excluding carboxylic acids is 1.